The first-order chi connectivity index (χ1) is 9.28. The summed E-state index contributed by atoms with van der Waals surface area (Å²) in [6, 6.07) is 7.12. The van der Waals surface area contributed by atoms with E-state index in [4.69, 9.17) is 4.18 Å². The van der Waals surface area contributed by atoms with E-state index in [0.717, 1.165) is 12.8 Å². The Balaban J connectivity index is 3.07. The van der Waals surface area contributed by atoms with Gasteiger partial charge >= 0.3 is 0 Å². The van der Waals surface area contributed by atoms with Crippen molar-refractivity contribution in [3.05, 3.63) is 29.8 Å². The minimum atomic E-state index is -3.60. The van der Waals surface area contributed by atoms with Gasteiger partial charge in [0, 0.05) is 0 Å². The van der Waals surface area contributed by atoms with Gasteiger partial charge in [-0.05, 0) is 42.4 Å². The molecular weight excluding hydrogens is 272 g/mol. The Hall–Kier alpha value is -0.870. The molecule has 0 fully saturated rings. The molecule has 1 atom stereocenters. The van der Waals surface area contributed by atoms with Crippen molar-refractivity contribution in [2.24, 2.45) is 5.41 Å². The Kier molecular flexibility index (Phi) is 5.78. The van der Waals surface area contributed by atoms with Gasteiger partial charge < -0.3 is 0 Å². The maximum absolute atomic E-state index is 11.8. The largest absolute Gasteiger partial charge is 0.296 e. The summed E-state index contributed by atoms with van der Waals surface area (Å²) in [4.78, 5) is 0.229. The molecule has 0 saturated heterocycles. The third kappa shape index (κ3) is 3.83. The van der Waals surface area contributed by atoms with E-state index < -0.39 is 10.1 Å². The molecule has 0 aliphatic rings. The molecule has 0 heterocycles. The highest BCUT2D eigenvalue weighted by Crippen LogP contribution is 2.40. The molecule has 0 amide bonds. The zero-order valence-electron chi connectivity index (χ0n) is 13.1. The van der Waals surface area contributed by atoms with Crippen LogP contribution in [0.25, 0.3) is 0 Å². The van der Waals surface area contributed by atoms with Crippen molar-refractivity contribution in [1.82, 2.24) is 0 Å². The topological polar surface area (TPSA) is 43.4 Å². The summed E-state index contributed by atoms with van der Waals surface area (Å²) < 4.78 is 28.4. The monoisotopic (exact) mass is 298 g/mol. The average molecular weight is 298 g/mol. The number of rotatable bonds is 7. The van der Waals surface area contributed by atoms with E-state index in [-0.39, 0.29) is 16.9 Å². The molecule has 1 aromatic rings. The average Bonchev–Trinajstić information content (AvgIpc) is 2.40. The van der Waals surface area contributed by atoms with Gasteiger partial charge in [0.05, 0.1) is 11.5 Å². The lowest BCUT2D eigenvalue weighted by Gasteiger charge is -2.33. The summed E-state index contributed by atoms with van der Waals surface area (Å²) in [6.45, 7) is 10.7. The van der Waals surface area contributed by atoms with Crippen LogP contribution in [0.3, 0.4) is 0 Å². The van der Waals surface area contributed by atoms with E-state index in [1.54, 1.807) is 19.1 Å². The molecule has 114 valence electrons. The summed E-state index contributed by atoms with van der Waals surface area (Å²) in [5.41, 5.74) is 1.39. The molecule has 1 unspecified atom stereocenters. The van der Waals surface area contributed by atoms with E-state index in [1.165, 1.54) is 5.56 Å². The predicted molar refractivity (Wildman–Crippen MR) is 82.4 cm³/mol. The third-order valence-corrected chi connectivity index (χ3v) is 5.50. The Bertz CT molecular complexity index is 515. The predicted octanol–water partition coefficient (Wildman–Crippen LogP) is 4.34. The van der Waals surface area contributed by atoms with E-state index in [9.17, 15) is 8.42 Å². The van der Waals surface area contributed by atoms with Crippen LogP contribution in [0.2, 0.25) is 0 Å². The smallest absolute Gasteiger partial charge is 0.267 e. The lowest BCUT2D eigenvalue weighted by atomic mass is 9.72. The number of hydrogen-bond acceptors (Lipinski definition) is 3. The second kappa shape index (κ2) is 6.72. The molecule has 0 aliphatic carbocycles. The van der Waals surface area contributed by atoms with Crippen LogP contribution in [-0.2, 0) is 14.3 Å². The highest BCUT2D eigenvalue weighted by atomic mass is 32.2. The van der Waals surface area contributed by atoms with E-state index in [2.05, 4.69) is 27.7 Å². The Morgan fingerprint density at radius 3 is 2.05 bits per heavy atom. The molecule has 0 saturated carbocycles. The summed E-state index contributed by atoms with van der Waals surface area (Å²) in [5.74, 6) is 0.427. The maximum Gasteiger partial charge on any atom is 0.296 e. The van der Waals surface area contributed by atoms with Crippen molar-refractivity contribution in [3.8, 4) is 0 Å². The van der Waals surface area contributed by atoms with Crippen LogP contribution in [0, 0.1) is 5.41 Å². The molecule has 20 heavy (non-hydrogen) atoms. The summed E-state index contributed by atoms with van der Waals surface area (Å²) >= 11 is 0. The lowest BCUT2D eigenvalue weighted by Crippen LogP contribution is -2.21. The minimum absolute atomic E-state index is 0.157. The standard InChI is InChI=1S/C16H26O3S/c1-6-15(16(4,5)7-2)13-9-11-14(12-10-13)20(17,18)19-8-3/h9-12,15H,6-8H2,1-5H3. The molecule has 0 aliphatic heterocycles. The van der Waals surface area contributed by atoms with Gasteiger partial charge in [0.25, 0.3) is 10.1 Å². The summed E-state index contributed by atoms with van der Waals surface area (Å²) in [5, 5.41) is 0. The highest BCUT2D eigenvalue weighted by molar-refractivity contribution is 7.86. The zero-order chi connectivity index (χ0) is 15.4. The minimum Gasteiger partial charge on any atom is -0.267 e. The fraction of sp³-hybridized carbons (Fsp3) is 0.625. The molecule has 0 spiro atoms. The fourth-order valence-electron chi connectivity index (χ4n) is 2.58. The van der Waals surface area contributed by atoms with Gasteiger partial charge in [-0.1, -0.05) is 46.2 Å². The van der Waals surface area contributed by atoms with Gasteiger partial charge in [0.2, 0.25) is 0 Å². The van der Waals surface area contributed by atoms with Gasteiger partial charge in [0.15, 0.2) is 0 Å². The third-order valence-electron chi connectivity index (χ3n) is 4.11. The van der Waals surface area contributed by atoms with Crippen molar-refractivity contribution in [2.75, 3.05) is 6.61 Å². The molecule has 0 N–H and O–H groups in total. The van der Waals surface area contributed by atoms with Crippen molar-refractivity contribution >= 4 is 10.1 Å². The molecule has 0 aromatic heterocycles. The van der Waals surface area contributed by atoms with Crippen LogP contribution in [-0.4, -0.2) is 15.0 Å². The van der Waals surface area contributed by atoms with Gasteiger partial charge in [-0.2, -0.15) is 8.42 Å². The first-order valence-corrected chi connectivity index (χ1v) is 8.68. The summed E-state index contributed by atoms with van der Waals surface area (Å²) in [7, 11) is -3.60. The zero-order valence-corrected chi connectivity index (χ0v) is 14.0. The normalized spacial score (nSPS) is 14.2. The molecule has 4 heteroatoms. The van der Waals surface area contributed by atoms with Crippen LogP contribution in [0.1, 0.15) is 58.9 Å². The van der Waals surface area contributed by atoms with Crippen LogP contribution in [0.4, 0.5) is 0 Å². The van der Waals surface area contributed by atoms with Crippen LogP contribution in [0.15, 0.2) is 29.2 Å². The molecule has 0 bridgehead atoms. The Morgan fingerprint density at radius 2 is 1.65 bits per heavy atom. The van der Waals surface area contributed by atoms with E-state index in [1.807, 2.05) is 12.1 Å². The highest BCUT2D eigenvalue weighted by Gasteiger charge is 2.27. The quantitative estimate of drug-likeness (QED) is 0.703. The van der Waals surface area contributed by atoms with Gasteiger partial charge in [0.1, 0.15) is 0 Å². The first-order valence-electron chi connectivity index (χ1n) is 7.27. The van der Waals surface area contributed by atoms with E-state index >= 15 is 0 Å². The Morgan fingerprint density at radius 1 is 1.10 bits per heavy atom. The molecule has 3 nitrogen and oxygen atoms in total. The SMILES string of the molecule is CCOS(=O)(=O)c1ccc(C(CC)C(C)(C)CC)cc1. The Labute approximate surface area is 123 Å². The van der Waals surface area contributed by atoms with Crippen molar-refractivity contribution in [2.45, 2.75) is 58.3 Å². The van der Waals surface area contributed by atoms with Crippen molar-refractivity contribution < 1.29 is 12.6 Å². The second-order valence-electron chi connectivity index (χ2n) is 5.73. The van der Waals surface area contributed by atoms with Gasteiger partial charge in [-0.3, -0.25) is 4.18 Å². The van der Waals surface area contributed by atoms with Crippen LogP contribution in [0.5, 0.6) is 0 Å². The van der Waals surface area contributed by atoms with Crippen LogP contribution < -0.4 is 0 Å². The second-order valence-corrected chi connectivity index (χ2v) is 7.35. The molecule has 0 radical (unpaired) electrons. The van der Waals surface area contributed by atoms with Gasteiger partial charge in [-0.25, -0.2) is 0 Å². The maximum atomic E-state index is 11.8. The molecule has 1 aromatic carbocycles. The number of benzene rings is 1. The molecule has 1 rings (SSSR count). The summed E-state index contributed by atoms with van der Waals surface area (Å²) in [6.07, 6.45) is 2.13. The van der Waals surface area contributed by atoms with Crippen LogP contribution >= 0.6 is 0 Å². The molecular formula is C16H26O3S. The fourth-order valence-corrected chi connectivity index (χ4v) is 3.49. The lowest BCUT2D eigenvalue weighted by molar-refractivity contribution is 0.267. The first kappa shape index (κ1) is 17.2. The van der Waals surface area contributed by atoms with Gasteiger partial charge in [-0.15, -0.1) is 0 Å². The van der Waals surface area contributed by atoms with E-state index in [0.29, 0.717) is 5.92 Å². The van der Waals surface area contributed by atoms with Crippen molar-refractivity contribution in [3.63, 3.8) is 0 Å². The number of hydrogen-bond donors (Lipinski definition) is 0. The van der Waals surface area contributed by atoms with Crippen molar-refractivity contribution in [1.29, 1.82) is 0 Å².